The third-order valence-electron chi connectivity index (χ3n) is 4.47. The molecule has 1 aliphatic heterocycles. The molecule has 1 amide bonds. The van der Waals surface area contributed by atoms with Crippen LogP contribution in [0.25, 0.3) is 10.8 Å². The first-order chi connectivity index (χ1) is 13.6. The minimum atomic E-state index is -0.430. The van der Waals surface area contributed by atoms with Crippen LogP contribution in [-0.4, -0.2) is 51.9 Å². The van der Waals surface area contributed by atoms with Gasteiger partial charge in [-0.25, -0.2) is 9.67 Å². The number of morpholine rings is 1. The molecule has 10 heteroatoms. The number of nitrogens with zero attached hydrogens (tertiary/aromatic N) is 3. The fraction of sp³-hybridized carbons (Fsp3) is 0.333. The van der Waals surface area contributed by atoms with E-state index in [0.717, 1.165) is 23.5 Å². The minimum Gasteiger partial charge on any atom is -0.379 e. The lowest BCUT2D eigenvalue weighted by Crippen LogP contribution is -2.35. The number of benzene rings is 1. The number of amides is 1. The summed E-state index contributed by atoms with van der Waals surface area (Å²) < 4.78 is 6.34. The van der Waals surface area contributed by atoms with Crippen molar-refractivity contribution >= 4 is 33.1 Å². The van der Waals surface area contributed by atoms with Crippen molar-refractivity contribution in [1.29, 1.82) is 0 Å². The number of thiazole rings is 1. The highest BCUT2D eigenvalue weighted by atomic mass is 32.1. The highest BCUT2D eigenvalue weighted by Gasteiger charge is 2.14. The van der Waals surface area contributed by atoms with Gasteiger partial charge in [-0.3, -0.25) is 24.4 Å². The summed E-state index contributed by atoms with van der Waals surface area (Å²) in [6, 6.07) is 6.51. The van der Waals surface area contributed by atoms with E-state index < -0.39 is 17.0 Å². The summed E-state index contributed by atoms with van der Waals surface area (Å²) in [5.41, 5.74) is 0.0426. The van der Waals surface area contributed by atoms with Crippen LogP contribution in [0.1, 0.15) is 5.69 Å². The third-order valence-corrected chi connectivity index (χ3v) is 5.28. The Kier molecular flexibility index (Phi) is 5.33. The summed E-state index contributed by atoms with van der Waals surface area (Å²) in [5, 5.41) is 8.08. The fourth-order valence-electron chi connectivity index (χ4n) is 3.09. The predicted molar refractivity (Wildman–Crippen MR) is 106 cm³/mol. The number of ether oxygens (including phenoxy) is 1. The molecule has 1 saturated heterocycles. The summed E-state index contributed by atoms with van der Waals surface area (Å²) in [6.07, 6.45) is 0. The van der Waals surface area contributed by atoms with Crippen molar-refractivity contribution in [3.8, 4) is 0 Å². The number of aromatic amines is 1. The molecule has 3 aromatic rings. The van der Waals surface area contributed by atoms with E-state index in [-0.39, 0.29) is 11.9 Å². The van der Waals surface area contributed by atoms with Crippen molar-refractivity contribution in [2.24, 2.45) is 0 Å². The Morgan fingerprint density at radius 2 is 1.96 bits per heavy atom. The Labute approximate surface area is 163 Å². The standard InChI is InChI=1S/C18H19N5O4S/c24-15(10-23-17(26)14-4-2-1-3-13(14)16(25)21-23)20-18-19-12(11-28-18)9-22-5-7-27-8-6-22/h1-4,11H,5-10H2,(H,21,25)(H,19,20,24). The van der Waals surface area contributed by atoms with Crippen molar-refractivity contribution in [3.63, 3.8) is 0 Å². The van der Waals surface area contributed by atoms with Gasteiger partial charge in [-0.05, 0) is 12.1 Å². The molecule has 0 spiro atoms. The van der Waals surface area contributed by atoms with Crippen LogP contribution in [0.5, 0.6) is 0 Å². The van der Waals surface area contributed by atoms with Gasteiger partial charge in [-0.2, -0.15) is 0 Å². The molecule has 3 heterocycles. The summed E-state index contributed by atoms with van der Waals surface area (Å²) in [4.78, 5) is 43.6. The number of hydrogen-bond acceptors (Lipinski definition) is 7. The van der Waals surface area contributed by atoms with Crippen LogP contribution in [-0.2, 0) is 22.6 Å². The number of carbonyl (C=O) groups excluding carboxylic acids is 1. The molecule has 1 fully saturated rings. The van der Waals surface area contributed by atoms with Crippen LogP contribution >= 0.6 is 11.3 Å². The second-order valence-electron chi connectivity index (χ2n) is 6.46. The van der Waals surface area contributed by atoms with E-state index >= 15 is 0 Å². The Morgan fingerprint density at radius 1 is 1.21 bits per heavy atom. The van der Waals surface area contributed by atoms with Gasteiger partial charge in [0, 0.05) is 25.0 Å². The molecular formula is C18H19N5O4S. The van der Waals surface area contributed by atoms with E-state index in [2.05, 4.69) is 20.3 Å². The first-order valence-electron chi connectivity index (χ1n) is 8.86. The molecule has 28 heavy (non-hydrogen) atoms. The van der Waals surface area contributed by atoms with Crippen molar-refractivity contribution < 1.29 is 9.53 Å². The Balaban J connectivity index is 1.44. The van der Waals surface area contributed by atoms with Crippen LogP contribution in [0.4, 0.5) is 5.13 Å². The number of hydrogen-bond donors (Lipinski definition) is 2. The van der Waals surface area contributed by atoms with Gasteiger partial charge in [-0.15, -0.1) is 11.3 Å². The molecule has 2 N–H and O–H groups in total. The lowest BCUT2D eigenvalue weighted by Gasteiger charge is -2.25. The molecule has 1 aromatic carbocycles. The molecule has 0 atom stereocenters. The highest BCUT2D eigenvalue weighted by molar-refractivity contribution is 7.13. The van der Waals surface area contributed by atoms with Gasteiger partial charge in [0.1, 0.15) is 6.54 Å². The van der Waals surface area contributed by atoms with Crippen LogP contribution in [0, 0.1) is 0 Å². The molecule has 0 bridgehead atoms. The van der Waals surface area contributed by atoms with Crippen LogP contribution < -0.4 is 16.4 Å². The number of aromatic nitrogens is 3. The van der Waals surface area contributed by atoms with Crippen LogP contribution in [0.2, 0.25) is 0 Å². The highest BCUT2D eigenvalue weighted by Crippen LogP contribution is 2.17. The minimum absolute atomic E-state index is 0.279. The third kappa shape index (κ3) is 4.03. The normalized spacial score (nSPS) is 15.0. The Morgan fingerprint density at radius 3 is 2.75 bits per heavy atom. The van der Waals surface area contributed by atoms with Gasteiger partial charge in [0.2, 0.25) is 5.91 Å². The predicted octanol–water partition coefficient (Wildman–Crippen LogP) is 0.617. The Bertz CT molecular complexity index is 1110. The van der Waals surface area contributed by atoms with E-state index in [1.165, 1.54) is 11.3 Å². The summed E-state index contributed by atoms with van der Waals surface area (Å²) in [6.45, 7) is 3.55. The smallest absolute Gasteiger partial charge is 0.273 e. The maximum absolute atomic E-state index is 12.5. The molecule has 0 unspecified atom stereocenters. The molecule has 4 rings (SSSR count). The van der Waals surface area contributed by atoms with E-state index in [9.17, 15) is 14.4 Å². The van der Waals surface area contributed by atoms with E-state index in [0.29, 0.717) is 30.3 Å². The molecule has 146 valence electrons. The average molecular weight is 401 g/mol. The van der Waals surface area contributed by atoms with Gasteiger partial charge < -0.3 is 10.1 Å². The maximum Gasteiger partial charge on any atom is 0.273 e. The fourth-order valence-corrected chi connectivity index (χ4v) is 3.80. The van der Waals surface area contributed by atoms with Crippen molar-refractivity contribution in [2.75, 3.05) is 31.6 Å². The zero-order valence-corrected chi connectivity index (χ0v) is 15.8. The van der Waals surface area contributed by atoms with E-state index in [4.69, 9.17) is 4.74 Å². The molecule has 1 aliphatic rings. The zero-order valence-electron chi connectivity index (χ0n) is 15.0. The summed E-state index contributed by atoms with van der Waals surface area (Å²) in [7, 11) is 0. The largest absolute Gasteiger partial charge is 0.379 e. The Hall–Kier alpha value is -2.82. The maximum atomic E-state index is 12.5. The van der Waals surface area contributed by atoms with Gasteiger partial charge in [-0.1, -0.05) is 12.1 Å². The van der Waals surface area contributed by atoms with Gasteiger partial charge in [0.05, 0.1) is 29.7 Å². The van der Waals surface area contributed by atoms with Gasteiger partial charge in [0.15, 0.2) is 5.13 Å². The van der Waals surface area contributed by atoms with E-state index in [1.54, 1.807) is 24.3 Å². The number of H-pyrrole nitrogens is 1. The van der Waals surface area contributed by atoms with Crippen molar-refractivity contribution in [3.05, 3.63) is 56.0 Å². The topological polar surface area (TPSA) is 109 Å². The molecule has 0 saturated carbocycles. The number of rotatable bonds is 5. The molecule has 2 aromatic heterocycles. The first kappa shape index (κ1) is 18.5. The van der Waals surface area contributed by atoms with Gasteiger partial charge in [0.25, 0.3) is 11.1 Å². The molecule has 0 radical (unpaired) electrons. The lowest BCUT2D eigenvalue weighted by atomic mass is 10.2. The van der Waals surface area contributed by atoms with E-state index in [1.807, 2.05) is 5.38 Å². The van der Waals surface area contributed by atoms with Crippen LogP contribution in [0.3, 0.4) is 0 Å². The lowest BCUT2D eigenvalue weighted by molar-refractivity contribution is -0.117. The molecule has 9 nitrogen and oxygen atoms in total. The first-order valence-corrected chi connectivity index (χ1v) is 9.74. The average Bonchev–Trinajstić information content (AvgIpc) is 3.13. The number of anilines is 1. The number of carbonyl (C=O) groups is 1. The molecule has 0 aliphatic carbocycles. The van der Waals surface area contributed by atoms with Crippen molar-refractivity contribution in [2.45, 2.75) is 13.1 Å². The second-order valence-corrected chi connectivity index (χ2v) is 7.32. The second kappa shape index (κ2) is 8.05. The summed E-state index contributed by atoms with van der Waals surface area (Å²) in [5.74, 6) is -0.430. The molecular weight excluding hydrogens is 382 g/mol. The monoisotopic (exact) mass is 401 g/mol. The number of nitrogens with one attached hydrogen (secondary N) is 2. The SMILES string of the molecule is O=C(Cn1[nH]c(=O)c2ccccc2c1=O)Nc1nc(CN2CCOCC2)cs1. The quantitative estimate of drug-likeness (QED) is 0.649. The van der Waals surface area contributed by atoms with Gasteiger partial charge >= 0.3 is 0 Å². The van der Waals surface area contributed by atoms with Crippen molar-refractivity contribution in [1.82, 2.24) is 19.7 Å². The van der Waals surface area contributed by atoms with Crippen LogP contribution in [0.15, 0.2) is 39.2 Å². The number of fused-ring (bicyclic) bond motifs is 1. The summed E-state index contributed by atoms with van der Waals surface area (Å²) >= 11 is 1.33. The zero-order chi connectivity index (χ0) is 19.5.